The second-order valence-electron chi connectivity index (χ2n) is 0.916. The van der Waals surface area contributed by atoms with Crippen molar-refractivity contribution >= 4 is 11.9 Å². The topological polar surface area (TPSA) is 15.3 Å². The molecular weight excluding hydrogens is 96.1 g/mol. The van der Waals surface area contributed by atoms with Gasteiger partial charge in [0.25, 0.3) is 0 Å². The van der Waals surface area contributed by atoms with Gasteiger partial charge in [0, 0.05) is 18.7 Å². The van der Waals surface area contributed by atoms with Gasteiger partial charge in [0.05, 0.1) is 0 Å². The lowest BCUT2D eigenvalue weighted by molar-refractivity contribution is 0.549. The fourth-order valence-electron chi connectivity index (χ4n) is 0.248. The summed E-state index contributed by atoms with van der Waals surface area (Å²) >= 11 is 1.53. The lowest BCUT2D eigenvalue weighted by Gasteiger charge is -2.02. The van der Waals surface area contributed by atoms with E-state index in [9.17, 15) is 0 Å². The highest BCUT2D eigenvalue weighted by Gasteiger charge is 1.94. The predicted molar refractivity (Wildman–Crippen MR) is 27.1 cm³/mol. The van der Waals surface area contributed by atoms with Crippen LogP contribution in [0.2, 0.25) is 0 Å². The summed E-state index contributed by atoms with van der Waals surface area (Å²) in [6.07, 6.45) is 1.83. The SMILES string of the molecule is [CH2]N1NC=CS1. The quantitative estimate of drug-likeness (QED) is 0.452. The Bertz CT molecular complexity index is 63.2. The highest BCUT2D eigenvalue weighted by atomic mass is 32.2. The molecule has 0 saturated carbocycles. The Hall–Kier alpha value is -0.150. The van der Waals surface area contributed by atoms with Gasteiger partial charge in [0.2, 0.25) is 0 Å². The molecular formula is C3H5N2S. The van der Waals surface area contributed by atoms with Gasteiger partial charge in [-0.1, -0.05) is 0 Å². The Morgan fingerprint density at radius 1 is 1.83 bits per heavy atom. The Kier molecular flexibility index (Phi) is 1.03. The molecule has 3 heteroatoms. The van der Waals surface area contributed by atoms with Gasteiger partial charge >= 0.3 is 0 Å². The molecule has 0 aliphatic carbocycles. The third kappa shape index (κ3) is 0.666. The molecule has 0 aromatic rings. The summed E-state index contributed by atoms with van der Waals surface area (Å²) in [5, 5.41) is 1.92. The molecule has 0 unspecified atom stereocenters. The van der Waals surface area contributed by atoms with E-state index in [-0.39, 0.29) is 0 Å². The van der Waals surface area contributed by atoms with E-state index in [4.69, 9.17) is 0 Å². The molecule has 0 aromatic heterocycles. The van der Waals surface area contributed by atoms with Crippen LogP contribution in [0.5, 0.6) is 0 Å². The number of rotatable bonds is 0. The van der Waals surface area contributed by atoms with Crippen molar-refractivity contribution in [3.8, 4) is 0 Å². The lowest BCUT2D eigenvalue weighted by atomic mass is 11.1. The molecule has 1 radical (unpaired) electrons. The van der Waals surface area contributed by atoms with Crippen molar-refractivity contribution in [3.63, 3.8) is 0 Å². The predicted octanol–water partition coefficient (Wildman–Crippen LogP) is 0.718. The maximum absolute atomic E-state index is 3.56. The summed E-state index contributed by atoms with van der Waals surface area (Å²) in [6, 6.07) is 0. The van der Waals surface area contributed by atoms with Gasteiger partial charge in [-0.3, -0.25) is 0 Å². The summed E-state index contributed by atoms with van der Waals surface area (Å²) in [4.78, 5) is 0. The number of nitrogens with one attached hydrogen (secondary N) is 1. The van der Waals surface area contributed by atoms with E-state index < -0.39 is 0 Å². The Labute approximate surface area is 41.3 Å². The van der Waals surface area contributed by atoms with E-state index >= 15 is 0 Å². The van der Waals surface area contributed by atoms with Crippen LogP contribution in [0.25, 0.3) is 0 Å². The van der Waals surface area contributed by atoms with E-state index in [0.717, 1.165) is 0 Å². The molecule has 33 valence electrons. The van der Waals surface area contributed by atoms with Gasteiger partial charge in [-0.15, -0.1) is 0 Å². The van der Waals surface area contributed by atoms with Crippen LogP contribution >= 0.6 is 11.9 Å². The van der Waals surface area contributed by atoms with E-state index in [1.165, 1.54) is 11.9 Å². The zero-order valence-corrected chi connectivity index (χ0v) is 4.03. The van der Waals surface area contributed by atoms with Gasteiger partial charge < -0.3 is 5.43 Å². The maximum atomic E-state index is 3.56. The largest absolute Gasteiger partial charge is 0.316 e. The molecule has 1 heterocycles. The molecule has 0 amide bonds. The summed E-state index contributed by atoms with van der Waals surface area (Å²) in [6.45, 7) is 0. The zero-order chi connectivity index (χ0) is 4.41. The minimum atomic E-state index is 1.53. The molecule has 0 atom stereocenters. The second-order valence-corrected chi connectivity index (χ2v) is 1.84. The Balaban J connectivity index is 2.32. The first kappa shape index (κ1) is 4.02. The number of nitrogens with zero attached hydrogens (tertiary/aromatic N) is 1. The fraction of sp³-hybridized carbons (Fsp3) is 0. The van der Waals surface area contributed by atoms with Crippen molar-refractivity contribution in [2.45, 2.75) is 0 Å². The van der Waals surface area contributed by atoms with Crippen LogP contribution in [0.1, 0.15) is 0 Å². The molecule has 0 fully saturated rings. The van der Waals surface area contributed by atoms with Gasteiger partial charge in [0.1, 0.15) is 0 Å². The highest BCUT2D eigenvalue weighted by molar-refractivity contribution is 8.00. The number of hydrogen-bond acceptors (Lipinski definition) is 3. The van der Waals surface area contributed by atoms with Crippen molar-refractivity contribution in [3.05, 3.63) is 18.7 Å². The van der Waals surface area contributed by atoms with E-state index in [1.807, 2.05) is 11.6 Å². The van der Waals surface area contributed by atoms with Crippen LogP contribution in [0.15, 0.2) is 11.6 Å². The first-order valence-corrected chi connectivity index (χ1v) is 2.42. The Morgan fingerprint density at radius 3 is 2.83 bits per heavy atom. The zero-order valence-electron chi connectivity index (χ0n) is 3.22. The van der Waals surface area contributed by atoms with Gasteiger partial charge in [0.15, 0.2) is 0 Å². The maximum Gasteiger partial charge on any atom is 0.0453 e. The van der Waals surface area contributed by atoms with Crippen LogP contribution in [0.3, 0.4) is 0 Å². The van der Waals surface area contributed by atoms with Crippen molar-refractivity contribution in [2.75, 3.05) is 0 Å². The molecule has 1 aliphatic rings. The molecule has 0 aromatic carbocycles. The minimum Gasteiger partial charge on any atom is -0.316 e. The van der Waals surface area contributed by atoms with Gasteiger partial charge in [-0.05, 0) is 11.9 Å². The van der Waals surface area contributed by atoms with E-state index in [0.29, 0.717) is 0 Å². The minimum absolute atomic E-state index is 1.53. The fourth-order valence-corrected chi connectivity index (χ4v) is 0.638. The normalized spacial score (nSPS) is 21.5. The van der Waals surface area contributed by atoms with Crippen LogP contribution < -0.4 is 5.43 Å². The van der Waals surface area contributed by atoms with Crippen LogP contribution in [0, 0.1) is 7.05 Å². The number of hydrogen-bond donors (Lipinski definition) is 1. The van der Waals surface area contributed by atoms with Crippen LogP contribution in [-0.4, -0.2) is 4.41 Å². The third-order valence-corrected chi connectivity index (χ3v) is 1.09. The molecule has 1 aliphatic heterocycles. The van der Waals surface area contributed by atoms with Crippen molar-refractivity contribution in [1.29, 1.82) is 0 Å². The van der Waals surface area contributed by atoms with Crippen molar-refractivity contribution in [2.24, 2.45) is 0 Å². The first-order valence-electron chi connectivity index (χ1n) is 1.58. The number of hydrazine groups is 1. The smallest absolute Gasteiger partial charge is 0.0453 e. The van der Waals surface area contributed by atoms with Crippen molar-refractivity contribution in [1.82, 2.24) is 9.84 Å². The molecule has 2 nitrogen and oxygen atoms in total. The molecule has 1 N–H and O–H groups in total. The van der Waals surface area contributed by atoms with Crippen LogP contribution in [0.4, 0.5) is 0 Å². The van der Waals surface area contributed by atoms with Crippen LogP contribution in [-0.2, 0) is 0 Å². The molecule has 1 rings (SSSR count). The third-order valence-electron chi connectivity index (χ3n) is 0.475. The van der Waals surface area contributed by atoms with E-state index in [1.54, 1.807) is 4.41 Å². The molecule has 0 spiro atoms. The summed E-state index contributed by atoms with van der Waals surface area (Å²) in [7, 11) is 3.56. The monoisotopic (exact) mass is 101 g/mol. The molecule has 6 heavy (non-hydrogen) atoms. The standard InChI is InChI=1S/C3H5N2S/c1-5-4-2-3-6-5/h2-4H,1H2. The average molecular weight is 101 g/mol. The first-order chi connectivity index (χ1) is 2.89. The van der Waals surface area contributed by atoms with Crippen molar-refractivity contribution < 1.29 is 0 Å². The van der Waals surface area contributed by atoms with E-state index in [2.05, 4.69) is 12.5 Å². The van der Waals surface area contributed by atoms with Gasteiger partial charge in [-0.25, -0.2) is 0 Å². The molecule has 0 bridgehead atoms. The lowest BCUT2D eigenvalue weighted by Crippen LogP contribution is -2.14. The molecule has 0 saturated heterocycles. The summed E-state index contributed by atoms with van der Waals surface area (Å²) in [5.41, 5.74) is 2.82. The summed E-state index contributed by atoms with van der Waals surface area (Å²) in [5.74, 6) is 0. The summed E-state index contributed by atoms with van der Waals surface area (Å²) < 4.78 is 1.67. The second kappa shape index (κ2) is 1.53. The Morgan fingerprint density at radius 2 is 2.67 bits per heavy atom. The average Bonchev–Trinajstić information content (AvgIpc) is 1.86. The highest BCUT2D eigenvalue weighted by Crippen LogP contribution is 2.09. The van der Waals surface area contributed by atoms with Gasteiger partial charge in [-0.2, -0.15) is 4.41 Å².